The molecule has 0 saturated heterocycles. The first-order valence-electron chi connectivity index (χ1n) is 7.06. The Bertz CT molecular complexity index is 715. The van der Waals surface area contributed by atoms with Crippen LogP contribution in [-0.2, 0) is 0 Å². The van der Waals surface area contributed by atoms with Gasteiger partial charge in [0.05, 0.1) is 6.04 Å². The lowest BCUT2D eigenvalue weighted by atomic mass is 10.0. The van der Waals surface area contributed by atoms with Gasteiger partial charge in [0.2, 0.25) is 0 Å². The van der Waals surface area contributed by atoms with Gasteiger partial charge in [-0.3, -0.25) is 4.68 Å². The van der Waals surface area contributed by atoms with E-state index in [1.54, 1.807) is 0 Å². The summed E-state index contributed by atoms with van der Waals surface area (Å²) >= 11 is 0. The summed E-state index contributed by atoms with van der Waals surface area (Å²) in [7, 11) is 0. The zero-order chi connectivity index (χ0) is 14.1. The van der Waals surface area contributed by atoms with Crippen molar-refractivity contribution in [3.05, 3.63) is 71.5 Å². The Morgan fingerprint density at radius 1 is 0.850 bits per heavy atom. The van der Waals surface area contributed by atoms with Crippen LogP contribution in [0.1, 0.15) is 29.9 Å². The lowest BCUT2D eigenvalue weighted by Crippen LogP contribution is -2.21. The molecule has 0 bridgehead atoms. The number of nitrogens with zero attached hydrogens (tertiary/aromatic N) is 1. The van der Waals surface area contributed by atoms with E-state index in [0.29, 0.717) is 0 Å². The maximum atomic E-state index is 3.58. The van der Waals surface area contributed by atoms with Gasteiger partial charge in [0.1, 0.15) is 0 Å². The zero-order valence-electron chi connectivity index (χ0n) is 12.2. The van der Waals surface area contributed by atoms with Crippen molar-refractivity contribution in [1.82, 2.24) is 4.68 Å². The van der Waals surface area contributed by atoms with Gasteiger partial charge in [0.25, 0.3) is 0 Å². The second-order valence-electron chi connectivity index (χ2n) is 5.37. The van der Waals surface area contributed by atoms with Crippen molar-refractivity contribution in [2.45, 2.75) is 26.8 Å². The minimum absolute atomic E-state index is 0.255. The SMILES string of the molecule is Cc1ccc(C)n1NC(C)c1cccc2ccccc12. The Morgan fingerprint density at radius 2 is 1.50 bits per heavy atom. The van der Waals surface area contributed by atoms with Gasteiger partial charge < -0.3 is 5.43 Å². The second kappa shape index (κ2) is 5.04. The lowest BCUT2D eigenvalue weighted by molar-refractivity contribution is 0.703. The average molecular weight is 264 g/mol. The molecule has 0 fully saturated rings. The molecule has 3 aromatic rings. The molecule has 1 heterocycles. The highest BCUT2D eigenvalue weighted by Gasteiger charge is 2.10. The summed E-state index contributed by atoms with van der Waals surface area (Å²) in [6.45, 7) is 6.45. The van der Waals surface area contributed by atoms with Crippen molar-refractivity contribution >= 4 is 10.8 Å². The maximum absolute atomic E-state index is 3.58. The number of rotatable bonds is 3. The highest BCUT2D eigenvalue weighted by atomic mass is 15.4. The first kappa shape index (κ1) is 12.8. The molecule has 3 rings (SSSR count). The molecule has 0 aliphatic carbocycles. The van der Waals surface area contributed by atoms with E-state index in [1.165, 1.54) is 27.7 Å². The molecule has 2 heteroatoms. The smallest absolute Gasteiger partial charge is 0.0651 e. The molecule has 2 aromatic carbocycles. The Hall–Kier alpha value is -2.22. The van der Waals surface area contributed by atoms with Gasteiger partial charge in [-0.1, -0.05) is 42.5 Å². The molecule has 0 aliphatic heterocycles. The van der Waals surface area contributed by atoms with Gasteiger partial charge >= 0.3 is 0 Å². The predicted octanol–water partition coefficient (Wildman–Crippen LogP) is 4.56. The quantitative estimate of drug-likeness (QED) is 0.733. The highest BCUT2D eigenvalue weighted by molar-refractivity contribution is 5.86. The number of nitrogens with one attached hydrogen (secondary N) is 1. The summed E-state index contributed by atoms with van der Waals surface area (Å²) in [5.74, 6) is 0. The van der Waals surface area contributed by atoms with Crippen molar-refractivity contribution in [2.24, 2.45) is 0 Å². The Labute approximate surface area is 120 Å². The molecule has 102 valence electrons. The third-order valence-electron chi connectivity index (χ3n) is 3.88. The highest BCUT2D eigenvalue weighted by Crippen LogP contribution is 2.25. The Morgan fingerprint density at radius 3 is 2.25 bits per heavy atom. The van der Waals surface area contributed by atoms with E-state index in [4.69, 9.17) is 0 Å². The van der Waals surface area contributed by atoms with Crippen LogP contribution < -0.4 is 5.43 Å². The molecule has 0 amide bonds. The number of aromatic nitrogens is 1. The van der Waals surface area contributed by atoms with Crippen molar-refractivity contribution in [3.8, 4) is 0 Å². The van der Waals surface area contributed by atoms with Gasteiger partial charge in [0, 0.05) is 11.4 Å². The topological polar surface area (TPSA) is 17.0 Å². The average Bonchev–Trinajstić information content (AvgIpc) is 2.78. The van der Waals surface area contributed by atoms with Crippen LogP contribution in [0, 0.1) is 13.8 Å². The van der Waals surface area contributed by atoms with Gasteiger partial charge in [-0.05, 0) is 49.2 Å². The summed E-state index contributed by atoms with van der Waals surface area (Å²) in [6, 6.07) is 19.6. The van der Waals surface area contributed by atoms with Gasteiger partial charge in [0.15, 0.2) is 0 Å². The summed E-state index contributed by atoms with van der Waals surface area (Å²) < 4.78 is 2.16. The Kier molecular flexibility index (Phi) is 3.23. The molecule has 1 atom stereocenters. The molecule has 0 spiro atoms. The molecule has 1 unspecified atom stereocenters. The van der Waals surface area contributed by atoms with Gasteiger partial charge in [-0.2, -0.15) is 0 Å². The van der Waals surface area contributed by atoms with Crippen LogP contribution in [0.4, 0.5) is 0 Å². The fraction of sp³-hybridized carbons (Fsp3) is 0.222. The summed E-state index contributed by atoms with van der Waals surface area (Å²) in [4.78, 5) is 0. The number of fused-ring (bicyclic) bond motifs is 1. The number of hydrogen-bond acceptors (Lipinski definition) is 1. The van der Waals surface area contributed by atoms with Crippen LogP contribution in [0.3, 0.4) is 0 Å². The molecule has 20 heavy (non-hydrogen) atoms. The van der Waals surface area contributed by atoms with Crippen molar-refractivity contribution in [3.63, 3.8) is 0 Å². The Balaban J connectivity index is 1.99. The first-order valence-corrected chi connectivity index (χ1v) is 7.06. The van der Waals surface area contributed by atoms with Crippen molar-refractivity contribution < 1.29 is 0 Å². The molecule has 2 nitrogen and oxygen atoms in total. The van der Waals surface area contributed by atoms with E-state index in [-0.39, 0.29) is 6.04 Å². The van der Waals surface area contributed by atoms with Crippen molar-refractivity contribution in [1.29, 1.82) is 0 Å². The zero-order valence-corrected chi connectivity index (χ0v) is 12.2. The van der Waals surface area contributed by atoms with E-state index in [1.807, 2.05) is 0 Å². The number of aryl methyl sites for hydroxylation is 2. The fourth-order valence-electron chi connectivity index (χ4n) is 2.76. The van der Waals surface area contributed by atoms with E-state index in [9.17, 15) is 0 Å². The van der Waals surface area contributed by atoms with Crippen LogP contribution >= 0.6 is 0 Å². The van der Waals surface area contributed by atoms with E-state index in [0.717, 1.165) is 0 Å². The third-order valence-corrected chi connectivity index (χ3v) is 3.88. The van der Waals surface area contributed by atoms with Gasteiger partial charge in [-0.15, -0.1) is 0 Å². The van der Waals surface area contributed by atoms with Gasteiger partial charge in [-0.25, -0.2) is 0 Å². The van der Waals surface area contributed by atoms with Crippen molar-refractivity contribution in [2.75, 3.05) is 5.43 Å². The molecular formula is C18H20N2. The monoisotopic (exact) mass is 264 g/mol. The predicted molar refractivity (Wildman–Crippen MR) is 85.6 cm³/mol. The van der Waals surface area contributed by atoms with Crippen LogP contribution in [-0.4, -0.2) is 4.68 Å². The minimum atomic E-state index is 0.255. The maximum Gasteiger partial charge on any atom is 0.0651 e. The lowest BCUT2D eigenvalue weighted by Gasteiger charge is -2.21. The number of benzene rings is 2. The third kappa shape index (κ3) is 2.18. The molecular weight excluding hydrogens is 244 g/mol. The van der Waals surface area contributed by atoms with E-state index >= 15 is 0 Å². The molecule has 0 aliphatic rings. The van der Waals surface area contributed by atoms with Crippen LogP contribution in [0.2, 0.25) is 0 Å². The van der Waals surface area contributed by atoms with Crippen LogP contribution in [0.25, 0.3) is 10.8 Å². The standard InChI is InChI=1S/C18H20N2/c1-13-11-12-14(2)20(13)19-15(3)17-10-6-8-16-7-4-5-9-18(16)17/h4-12,15,19H,1-3H3. The summed E-state index contributed by atoms with van der Waals surface area (Å²) in [5.41, 5.74) is 7.37. The summed E-state index contributed by atoms with van der Waals surface area (Å²) in [5, 5.41) is 2.61. The molecule has 1 N–H and O–H groups in total. The molecule has 0 radical (unpaired) electrons. The van der Waals surface area contributed by atoms with E-state index < -0.39 is 0 Å². The van der Waals surface area contributed by atoms with Crippen LogP contribution in [0.5, 0.6) is 0 Å². The normalized spacial score (nSPS) is 12.6. The largest absolute Gasteiger partial charge is 0.319 e. The minimum Gasteiger partial charge on any atom is -0.319 e. The molecule has 0 saturated carbocycles. The summed E-state index contributed by atoms with van der Waals surface area (Å²) in [6.07, 6.45) is 0. The number of hydrogen-bond donors (Lipinski definition) is 1. The van der Waals surface area contributed by atoms with E-state index in [2.05, 4.69) is 85.5 Å². The molecule has 1 aromatic heterocycles. The van der Waals surface area contributed by atoms with Crippen LogP contribution in [0.15, 0.2) is 54.6 Å². The fourth-order valence-corrected chi connectivity index (χ4v) is 2.76. The first-order chi connectivity index (χ1) is 9.66. The second-order valence-corrected chi connectivity index (χ2v) is 5.37.